The van der Waals surface area contributed by atoms with E-state index in [1.807, 2.05) is 0 Å². The van der Waals surface area contributed by atoms with Crippen LogP contribution in [0.2, 0.25) is 0 Å². The van der Waals surface area contributed by atoms with Crippen LogP contribution in [-0.2, 0) is 9.31 Å². The quantitative estimate of drug-likeness (QED) is 0.862. The zero-order chi connectivity index (χ0) is 15.3. The van der Waals surface area contributed by atoms with Gasteiger partial charge in [-0.15, -0.1) is 12.4 Å². The van der Waals surface area contributed by atoms with Crippen LogP contribution in [0.25, 0.3) is 0 Å². The van der Waals surface area contributed by atoms with Gasteiger partial charge in [0, 0.05) is 5.94 Å². The fraction of sp³-hybridized carbons (Fsp3) is 0.647. The molecule has 0 bridgehead atoms. The Labute approximate surface area is 140 Å². The zero-order valence-electron chi connectivity index (χ0n) is 13.9. The average Bonchev–Trinajstić information content (AvgIpc) is 3.12. The van der Waals surface area contributed by atoms with Crippen molar-refractivity contribution < 1.29 is 9.31 Å². The molecule has 1 saturated heterocycles. The lowest BCUT2D eigenvalue weighted by atomic mass is 9.76. The molecule has 0 spiro atoms. The molecule has 5 heteroatoms. The van der Waals surface area contributed by atoms with Crippen LogP contribution < -0.4 is 5.73 Å². The normalized spacial score (nSPS) is 29.8. The lowest BCUT2D eigenvalue weighted by Crippen LogP contribution is -2.42. The molecule has 3 rings (SSSR count). The first-order chi connectivity index (χ1) is 9.80. The minimum Gasteiger partial charge on any atom is -0.402 e. The second kappa shape index (κ2) is 6.16. The first kappa shape index (κ1) is 17.8. The SMILES string of the molecule is CC1(C)OB([C@@H](N)C[C@H]2C[C@@H]2c2ccccc2)OC1(C)C.Cl. The van der Waals surface area contributed by atoms with E-state index in [4.69, 9.17) is 15.0 Å². The number of benzene rings is 1. The molecular formula is C17H27BClNO2. The second-order valence-electron chi connectivity index (χ2n) is 7.54. The summed E-state index contributed by atoms with van der Waals surface area (Å²) < 4.78 is 12.1. The fourth-order valence-electron chi connectivity index (χ4n) is 3.14. The first-order valence-electron chi connectivity index (χ1n) is 7.96. The Morgan fingerprint density at radius 2 is 1.68 bits per heavy atom. The van der Waals surface area contributed by atoms with E-state index in [1.54, 1.807) is 0 Å². The Hall–Kier alpha value is -0.545. The average molecular weight is 324 g/mol. The van der Waals surface area contributed by atoms with Crippen LogP contribution in [0, 0.1) is 5.92 Å². The number of nitrogens with two attached hydrogens (primary N) is 1. The van der Waals surface area contributed by atoms with Crippen LogP contribution in [-0.4, -0.2) is 24.3 Å². The van der Waals surface area contributed by atoms with Gasteiger partial charge in [0.1, 0.15) is 0 Å². The van der Waals surface area contributed by atoms with Crippen molar-refractivity contribution in [3.8, 4) is 0 Å². The van der Waals surface area contributed by atoms with Crippen molar-refractivity contribution in [1.82, 2.24) is 0 Å². The Morgan fingerprint density at radius 3 is 2.23 bits per heavy atom. The van der Waals surface area contributed by atoms with Crippen molar-refractivity contribution in [1.29, 1.82) is 0 Å². The van der Waals surface area contributed by atoms with Gasteiger partial charge in [0.2, 0.25) is 0 Å². The minimum atomic E-state index is -0.294. The number of hydrogen-bond donors (Lipinski definition) is 1. The van der Waals surface area contributed by atoms with E-state index in [0.29, 0.717) is 11.8 Å². The number of rotatable bonds is 4. The van der Waals surface area contributed by atoms with Gasteiger partial charge in [0.25, 0.3) is 0 Å². The molecule has 2 aliphatic rings. The summed E-state index contributed by atoms with van der Waals surface area (Å²) in [6.45, 7) is 8.29. The largest absolute Gasteiger partial charge is 0.475 e. The van der Waals surface area contributed by atoms with E-state index < -0.39 is 0 Å². The molecule has 2 N–H and O–H groups in total. The summed E-state index contributed by atoms with van der Waals surface area (Å²) >= 11 is 0. The van der Waals surface area contributed by atoms with Crippen LogP contribution in [0.5, 0.6) is 0 Å². The fourth-order valence-corrected chi connectivity index (χ4v) is 3.14. The number of hydrogen-bond acceptors (Lipinski definition) is 3. The maximum atomic E-state index is 6.35. The summed E-state index contributed by atoms with van der Waals surface area (Å²) in [4.78, 5) is 0. The molecule has 122 valence electrons. The van der Waals surface area contributed by atoms with Gasteiger partial charge in [-0.25, -0.2) is 0 Å². The molecule has 0 radical (unpaired) electrons. The lowest BCUT2D eigenvalue weighted by molar-refractivity contribution is 0.00578. The van der Waals surface area contributed by atoms with Gasteiger partial charge in [-0.3, -0.25) is 0 Å². The third kappa shape index (κ3) is 3.35. The molecule has 0 unspecified atom stereocenters. The molecule has 2 fully saturated rings. The molecule has 1 aromatic rings. The molecule has 1 aromatic carbocycles. The van der Waals surface area contributed by atoms with E-state index >= 15 is 0 Å². The van der Waals surface area contributed by atoms with E-state index in [2.05, 4.69) is 58.0 Å². The molecule has 1 aliphatic carbocycles. The standard InChI is InChI=1S/C17H26BNO2.ClH/c1-16(2)17(3,4)21-18(20-16)15(19)11-13-10-14(13)12-8-6-5-7-9-12;/h5-9,13-15H,10-11,19H2,1-4H3;1H/t13-,14-,15+;/m1./s1. The highest BCUT2D eigenvalue weighted by molar-refractivity contribution is 6.47. The van der Waals surface area contributed by atoms with Crippen molar-refractivity contribution in [3.63, 3.8) is 0 Å². The first-order valence-corrected chi connectivity index (χ1v) is 7.96. The molecule has 1 saturated carbocycles. The highest BCUT2D eigenvalue weighted by Crippen LogP contribution is 2.50. The summed E-state index contributed by atoms with van der Waals surface area (Å²) in [6.07, 6.45) is 2.20. The van der Waals surface area contributed by atoms with E-state index in [-0.39, 0.29) is 36.7 Å². The predicted octanol–water partition coefficient (Wildman–Crippen LogP) is 3.56. The molecule has 3 atom stereocenters. The Balaban J connectivity index is 0.00000176. The van der Waals surface area contributed by atoms with Gasteiger partial charge >= 0.3 is 7.12 Å². The minimum absolute atomic E-state index is 0. The molecule has 22 heavy (non-hydrogen) atoms. The summed E-state index contributed by atoms with van der Waals surface area (Å²) in [5, 5.41) is 0. The molecule has 0 amide bonds. The molecule has 3 nitrogen and oxygen atoms in total. The summed E-state index contributed by atoms with van der Waals surface area (Å²) in [5.74, 6) is 1.28. The topological polar surface area (TPSA) is 44.5 Å². The lowest BCUT2D eigenvalue weighted by Gasteiger charge is -2.32. The smallest absolute Gasteiger partial charge is 0.402 e. The molecular weight excluding hydrogens is 296 g/mol. The van der Waals surface area contributed by atoms with Gasteiger partial charge in [-0.1, -0.05) is 30.3 Å². The third-order valence-corrected chi connectivity index (χ3v) is 5.35. The third-order valence-electron chi connectivity index (χ3n) is 5.35. The van der Waals surface area contributed by atoms with Gasteiger partial charge in [-0.05, 0) is 57.9 Å². The van der Waals surface area contributed by atoms with Crippen molar-refractivity contribution in [2.45, 2.75) is 63.6 Å². The highest BCUT2D eigenvalue weighted by atomic mass is 35.5. The van der Waals surface area contributed by atoms with Gasteiger partial charge in [0.15, 0.2) is 0 Å². The van der Waals surface area contributed by atoms with Crippen molar-refractivity contribution in [2.75, 3.05) is 0 Å². The zero-order valence-corrected chi connectivity index (χ0v) is 14.7. The monoisotopic (exact) mass is 323 g/mol. The van der Waals surface area contributed by atoms with Gasteiger partial charge < -0.3 is 15.0 Å². The van der Waals surface area contributed by atoms with Crippen LogP contribution in [0.15, 0.2) is 30.3 Å². The molecule has 1 heterocycles. The van der Waals surface area contributed by atoms with Crippen LogP contribution in [0.1, 0.15) is 52.0 Å². The van der Waals surface area contributed by atoms with Crippen LogP contribution in [0.3, 0.4) is 0 Å². The van der Waals surface area contributed by atoms with E-state index in [9.17, 15) is 0 Å². The Bertz CT molecular complexity index is 493. The summed E-state index contributed by atoms with van der Waals surface area (Å²) in [7, 11) is -0.285. The predicted molar refractivity (Wildman–Crippen MR) is 93.2 cm³/mol. The van der Waals surface area contributed by atoms with Gasteiger partial charge in [-0.2, -0.15) is 0 Å². The van der Waals surface area contributed by atoms with E-state index in [1.165, 1.54) is 12.0 Å². The Morgan fingerprint density at radius 1 is 1.14 bits per heavy atom. The van der Waals surface area contributed by atoms with Crippen molar-refractivity contribution >= 4 is 19.5 Å². The number of halogens is 1. The van der Waals surface area contributed by atoms with Crippen LogP contribution >= 0.6 is 12.4 Å². The Kier molecular flexibility index (Phi) is 4.98. The summed E-state index contributed by atoms with van der Waals surface area (Å²) in [5.41, 5.74) is 7.20. The highest BCUT2D eigenvalue weighted by Gasteiger charge is 2.54. The maximum Gasteiger partial charge on any atom is 0.475 e. The van der Waals surface area contributed by atoms with Crippen molar-refractivity contribution in [2.24, 2.45) is 11.7 Å². The molecule has 0 aromatic heterocycles. The van der Waals surface area contributed by atoms with Crippen molar-refractivity contribution in [3.05, 3.63) is 35.9 Å². The van der Waals surface area contributed by atoms with E-state index in [0.717, 1.165) is 6.42 Å². The van der Waals surface area contributed by atoms with Gasteiger partial charge in [0.05, 0.1) is 11.2 Å². The second-order valence-corrected chi connectivity index (χ2v) is 7.54. The van der Waals surface area contributed by atoms with Crippen LogP contribution in [0.4, 0.5) is 0 Å². The maximum absolute atomic E-state index is 6.35. The molecule has 1 aliphatic heterocycles. The summed E-state index contributed by atoms with van der Waals surface area (Å²) in [6, 6.07) is 10.7.